The maximum Gasteiger partial charge on any atom is 0.260 e. The third kappa shape index (κ3) is 8.59. The minimum atomic E-state index is -0.233. The fourth-order valence-electron chi connectivity index (χ4n) is 3.89. The van der Waals surface area contributed by atoms with E-state index < -0.39 is 0 Å². The molecule has 0 spiro atoms. The summed E-state index contributed by atoms with van der Waals surface area (Å²) in [5, 5.41) is 0. The van der Waals surface area contributed by atoms with E-state index in [0.717, 1.165) is 5.56 Å². The number of hydrogen-bond acceptors (Lipinski definition) is 6. The fraction of sp³-hybridized carbons (Fsp3) is 0.379. The van der Waals surface area contributed by atoms with Gasteiger partial charge in [0.05, 0.1) is 33.6 Å². The average Bonchev–Trinajstić information content (AvgIpc) is 3.42. The molecule has 0 bridgehead atoms. The van der Waals surface area contributed by atoms with Crippen LogP contribution < -0.4 is 14.2 Å². The summed E-state index contributed by atoms with van der Waals surface area (Å²) < 4.78 is 21.9. The first-order chi connectivity index (χ1) is 17.9. The van der Waals surface area contributed by atoms with Crippen LogP contribution in [0.25, 0.3) is 0 Å². The highest BCUT2D eigenvalue weighted by Crippen LogP contribution is 2.27. The SMILES string of the molecule is COc1ccc(CCN(Cc2ccco2)C(=O)CN(CC(C)C)C(=O)COc2ccccc2)cc1OC. The first-order valence-electron chi connectivity index (χ1n) is 12.4. The summed E-state index contributed by atoms with van der Waals surface area (Å²) in [6.07, 6.45) is 2.18. The maximum atomic E-state index is 13.5. The van der Waals surface area contributed by atoms with Crippen LogP contribution in [-0.4, -0.2) is 62.1 Å². The second-order valence-electron chi connectivity index (χ2n) is 9.10. The molecule has 0 N–H and O–H groups in total. The summed E-state index contributed by atoms with van der Waals surface area (Å²) in [5.74, 6) is 2.37. The highest BCUT2D eigenvalue weighted by molar-refractivity contribution is 5.85. The molecule has 8 heteroatoms. The van der Waals surface area contributed by atoms with Crippen molar-refractivity contribution in [2.45, 2.75) is 26.8 Å². The molecular weight excluding hydrogens is 472 g/mol. The molecule has 198 valence electrons. The van der Waals surface area contributed by atoms with Crippen molar-refractivity contribution in [2.75, 3.05) is 40.5 Å². The van der Waals surface area contributed by atoms with Crippen molar-refractivity contribution < 1.29 is 28.2 Å². The lowest BCUT2D eigenvalue weighted by atomic mass is 10.1. The van der Waals surface area contributed by atoms with E-state index in [-0.39, 0.29) is 30.9 Å². The second-order valence-corrected chi connectivity index (χ2v) is 9.10. The topological polar surface area (TPSA) is 81.5 Å². The van der Waals surface area contributed by atoms with Crippen molar-refractivity contribution in [1.82, 2.24) is 9.80 Å². The van der Waals surface area contributed by atoms with Gasteiger partial charge in [-0.2, -0.15) is 0 Å². The van der Waals surface area contributed by atoms with Crippen molar-refractivity contribution in [2.24, 2.45) is 5.92 Å². The molecule has 0 unspecified atom stereocenters. The Morgan fingerprint density at radius 2 is 1.65 bits per heavy atom. The molecule has 0 radical (unpaired) electrons. The zero-order valence-electron chi connectivity index (χ0n) is 22.0. The van der Waals surface area contributed by atoms with Gasteiger partial charge in [0.15, 0.2) is 18.1 Å². The summed E-state index contributed by atoms with van der Waals surface area (Å²) in [5.41, 5.74) is 1.00. The van der Waals surface area contributed by atoms with E-state index >= 15 is 0 Å². The molecule has 1 aromatic heterocycles. The second kappa shape index (κ2) is 14.0. The molecule has 0 fully saturated rings. The molecule has 8 nitrogen and oxygen atoms in total. The molecule has 0 atom stereocenters. The van der Waals surface area contributed by atoms with Gasteiger partial charge in [-0.25, -0.2) is 0 Å². The molecular formula is C29H36N2O6. The quantitative estimate of drug-likeness (QED) is 0.320. The van der Waals surface area contributed by atoms with Crippen molar-refractivity contribution >= 4 is 11.8 Å². The molecule has 2 aromatic carbocycles. The van der Waals surface area contributed by atoms with Crippen molar-refractivity contribution in [1.29, 1.82) is 0 Å². The summed E-state index contributed by atoms with van der Waals surface area (Å²) in [6.45, 7) is 5.06. The van der Waals surface area contributed by atoms with Crippen molar-refractivity contribution in [3.63, 3.8) is 0 Å². The van der Waals surface area contributed by atoms with Crippen LogP contribution in [0.15, 0.2) is 71.3 Å². The number of ether oxygens (including phenoxy) is 3. The van der Waals surface area contributed by atoms with Gasteiger partial charge in [-0.15, -0.1) is 0 Å². The number of nitrogens with zero attached hydrogens (tertiary/aromatic N) is 2. The van der Waals surface area contributed by atoms with E-state index in [1.807, 2.05) is 56.3 Å². The molecule has 0 saturated heterocycles. The van der Waals surface area contributed by atoms with Gasteiger partial charge < -0.3 is 28.4 Å². The largest absolute Gasteiger partial charge is 0.493 e. The van der Waals surface area contributed by atoms with Gasteiger partial charge in [0.25, 0.3) is 5.91 Å². The lowest BCUT2D eigenvalue weighted by Crippen LogP contribution is -2.46. The van der Waals surface area contributed by atoms with Crippen LogP contribution in [0.1, 0.15) is 25.2 Å². The number of benzene rings is 2. The van der Waals surface area contributed by atoms with Crippen LogP contribution in [0.2, 0.25) is 0 Å². The maximum absolute atomic E-state index is 13.5. The molecule has 37 heavy (non-hydrogen) atoms. The van der Waals surface area contributed by atoms with Crippen molar-refractivity contribution in [3.05, 3.63) is 78.3 Å². The minimum absolute atomic E-state index is 0.0399. The Hall–Kier alpha value is -3.94. The summed E-state index contributed by atoms with van der Waals surface area (Å²) in [7, 11) is 3.19. The van der Waals surface area contributed by atoms with Gasteiger partial charge in [0.2, 0.25) is 5.91 Å². The highest BCUT2D eigenvalue weighted by Gasteiger charge is 2.23. The Kier molecular flexibility index (Phi) is 10.4. The zero-order valence-corrected chi connectivity index (χ0v) is 22.0. The van der Waals surface area contributed by atoms with Crippen LogP contribution in [-0.2, 0) is 22.6 Å². The predicted octanol–water partition coefficient (Wildman–Crippen LogP) is 4.43. The average molecular weight is 509 g/mol. The van der Waals surface area contributed by atoms with E-state index in [2.05, 4.69) is 0 Å². The Balaban J connectivity index is 1.70. The zero-order chi connectivity index (χ0) is 26.6. The van der Waals surface area contributed by atoms with Gasteiger partial charge in [0.1, 0.15) is 11.5 Å². The van der Waals surface area contributed by atoms with Gasteiger partial charge in [0, 0.05) is 13.1 Å². The number of rotatable bonds is 14. The molecule has 2 amide bonds. The van der Waals surface area contributed by atoms with E-state index in [1.54, 1.807) is 48.5 Å². The number of para-hydroxylation sites is 1. The fourth-order valence-corrected chi connectivity index (χ4v) is 3.89. The first kappa shape index (κ1) is 27.6. The van der Waals surface area contributed by atoms with Crippen LogP contribution in [0.3, 0.4) is 0 Å². The first-order valence-corrected chi connectivity index (χ1v) is 12.4. The molecule has 0 aliphatic carbocycles. The number of carbonyl (C=O) groups is 2. The molecule has 0 aliphatic rings. The Labute approximate surface area is 218 Å². The minimum Gasteiger partial charge on any atom is -0.493 e. The van der Waals surface area contributed by atoms with Crippen molar-refractivity contribution in [3.8, 4) is 17.2 Å². The highest BCUT2D eigenvalue weighted by atomic mass is 16.5. The Bertz CT molecular complexity index is 1110. The summed E-state index contributed by atoms with van der Waals surface area (Å²) >= 11 is 0. The summed E-state index contributed by atoms with van der Waals surface area (Å²) in [4.78, 5) is 29.8. The number of amides is 2. The molecule has 0 aliphatic heterocycles. The predicted molar refractivity (Wildman–Crippen MR) is 141 cm³/mol. The van der Waals surface area contributed by atoms with E-state index in [1.165, 1.54) is 0 Å². The van der Waals surface area contributed by atoms with E-state index in [9.17, 15) is 9.59 Å². The number of methoxy groups -OCH3 is 2. The van der Waals surface area contributed by atoms with Crippen LogP contribution >= 0.6 is 0 Å². The van der Waals surface area contributed by atoms with Crippen LogP contribution in [0.4, 0.5) is 0 Å². The molecule has 1 heterocycles. The Morgan fingerprint density at radius 1 is 0.892 bits per heavy atom. The normalized spacial score (nSPS) is 10.7. The third-order valence-corrected chi connectivity index (χ3v) is 5.77. The third-order valence-electron chi connectivity index (χ3n) is 5.77. The lowest BCUT2D eigenvalue weighted by Gasteiger charge is -2.28. The van der Waals surface area contributed by atoms with Gasteiger partial charge in [-0.3, -0.25) is 9.59 Å². The molecule has 3 rings (SSSR count). The monoisotopic (exact) mass is 508 g/mol. The lowest BCUT2D eigenvalue weighted by molar-refractivity contribution is -0.142. The van der Waals surface area contributed by atoms with Gasteiger partial charge >= 0.3 is 0 Å². The van der Waals surface area contributed by atoms with Crippen LogP contribution in [0, 0.1) is 5.92 Å². The number of hydrogen-bond donors (Lipinski definition) is 0. The van der Waals surface area contributed by atoms with Gasteiger partial charge in [-0.1, -0.05) is 38.1 Å². The number of furan rings is 1. The standard InChI is InChI=1S/C29H36N2O6/c1-22(2)18-31(29(33)21-37-24-9-6-5-7-10-24)20-28(32)30(19-25-11-8-16-36-25)15-14-23-12-13-26(34-3)27(17-23)35-4/h5-13,16-17,22H,14-15,18-21H2,1-4H3. The van der Waals surface area contributed by atoms with Gasteiger partial charge in [-0.05, 0) is 54.3 Å². The summed E-state index contributed by atoms with van der Waals surface area (Å²) in [6, 6.07) is 18.5. The molecule has 0 saturated carbocycles. The van der Waals surface area contributed by atoms with Crippen LogP contribution in [0.5, 0.6) is 17.2 Å². The smallest absolute Gasteiger partial charge is 0.260 e. The van der Waals surface area contributed by atoms with E-state index in [4.69, 9.17) is 18.6 Å². The molecule has 3 aromatic rings. The van der Waals surface area contributed by atoms with E-state index in [0.29, 0.717) is 49.1 Å². The Morgan fingerprint density at radius 3 is 2.30 bits per heavy atom. The number of carbonyl (C=O) groups excluding carboxylic acids is 2.